The molecule has 0 spiro atoms. The number of nitrogens with one attached hydrogen (secondary N) is 1. The Morgan fingerprint density at radius 1 is 1.42 bits per heavy atom. The summed E-state index contributed by atoms with van der Waals surface area (Å²) in [7, 11) is -0.572. The summed E-state index contributed by atoms with van der Waals surface area (Å²) in [6.07, 6.45) is 0. The highest BCUT2D eigenvalue weighted by Crippen LogP contribution is 2.15. The molecule has 0 aliphatic heterocycles. The molecule has 0 radical (unpaired) electrons. The Hall–Kier alpha value is -1.44. The molecular formula is C12H19N3O3S. The Labute approximate surface area is 113 Å². The zero-order chi connectivity index (χ0) is 14.6. The van der Waals surface area contributed by atoms with Crippen LogP contribution >= 0.6 is 0 Å². The SMILES string of the molecule is CC(N)c1cccc(S(=O)(=O)NCC(=O)N(C)C)c1. The Morgan fingerprint density at radius 3 is 2.58 bits per heavy atom. The number of likely N-dealkylation sites (N-methyl/N-ethyl adjacent to an activating group) is 1. The van der Waals surface area contributed by atoms with E-state index >= 15 is 0 Å². The Bertz CT molecular complexity index is 553. The van der Waals surface area contributed by atoms with E-state index in [1.54, 1.807) is 33.2 Å². The van der Waals surface area contributed by atoms with Crippen molar-refractivity contribution in [2.24, 2.45) is 5.73 Å². The van der Waals surface area contributed by atoms with Gasteiger partial charge in [-0.05, 0) is 24.6 Å². The third-order valence-corrected chi connectivity index (χ3v) is 4.01. The summed E-state index contributed by atoms with van der Waals surface area (Å²) in [5.74, 6) is -0.313. The molecule has 0 bridgehead atoms. The van der Waals surface area contributed by atoms with Gasteiger partial charge in [0.15, 0.2) is 0 Å². The van der Waals surface area contributed by atoms with E-state index in [4.69, 9.17) is 5.73 Å². The largest absolute Gasteiger partial charge is 0.348 e. The van der Waals surface area contributed by atoms with Crippen molar-refractivity contribution in [1.82, 2.24) is 9.62 Å². The van der Waals surface area contributed by atoms with Crippen molar-refractivity contribution in [1.29, 1.82) is 0 Å². The Balaban J connectivity index is 2.89. The van der Waals surface area contributed by atoms with Gasteiger partial charge in [0.25, 0.3) is 0 Å². The minimum absolute atomic E-state index is 0.105. The summed E-state index contributed by atoms with van der Waals surface area (Å²) < 4.78 is 26.3. The molecule has 0 saturated heterocycles. The number of carbonyl (C=O) groups is 1. The van der Waals surface area contributed by atoms with Gasteiger partial charge in [-0.2, -0.15) is 0 Å². The van der Waals surface area contributed by atoms with Crippen LogP contribution < -0.4 is 10.5 Å². The highest BCUT2D eigenvalue weighted by molar-refractivity contribution is 7.89. The van der Waals surface area contributed by atoms with Crippen LogP contribution in [-0.4, -0.2) is 39.9 Å². The summed E-state index contributed by atoms with van der Waals surface area (Å²) in [6.45, 7) is 1.51. The lowest BCUT2D eigenvalue weighted by atomic mass is 10.1. The minimum Gasteiger partial charge on any atom is -0.348 e. The molecule has 7 heteroatoms. The molecule has 0 fully saturated rings. The number of rotatable bonds is 5. The second kappa shape index (κ2) is 6.14. The minimum atomic E-state index is -3.70. The highest BCUT2D eigenvalue weighted by Gasteiger charge is 2.17. The number of hydrogen-bond acceptors (Lipinski definition) is 4. The average molecular weight is 285 g/mol. The monoisotopic (exact) mass is 285 g/mol. The van der Waals surface area contributed by atoms with Crippen molar-refractivity contribution in [3.05, 3.63) is 29.8 Å². The standard InChI is InChI=1S/C12H19N3O3S/c1-9(13)10-5-4-6-11(7-10)19(17,18)14-8-12(16)15(2)3/h4-7,9,14H,8,13H2,1-3H3. The van der Waals surface area contributed by atoms with Gasteiger partial charge in [-0.15, -0.1) is 0 Å². The second-order valence-corrected chi connectivity index (χ2v) is 6.24. The smallest absolute Gasteiger partial charge is 0.241 e. The number of benzene rings is 1. The summed E-state index contributed by atoms with van der Waals surface area (Å²) in [6, 6.07) is 6.11. The summed E-state index contributed by atoms with van der Waals surface area (Å²) in [5.41, 5.74) is 6.44. The van der Waals surface area contributed by atoms with Gasteiger partial charge in [0.1, 0.15) is 0 Å². The van der Waals surface area contributed by atoms with E-state index in [9.17, 15) is 13.2 Å². The molecule has 1 aromatic rings. The van der Waals surface area contributed by atoms with Crippen LogP contribution in [0, 0.1) is 0 Å². The molecule has 1 aromatic carbocycles. The van der Waals surface area contributed by atoms with Crippen molar-refractivity contribution in [3.63, 3.8) is 0 Å². The molecule has 3 N–H and O–H groups in total. The number of carbonyl (C=O) groups excluding carboxylic acids is 1. The molecule has 0 aromatic heterocycles. The molecule has 1 amide bonds. The molecule has 0 heterocycles. The van der Waals surface area contributed by atoms with Crippen LogP contribution in [0.2, 0.25) is 0 Å². The van der Waals surface area contributed by atoms with Crippen LogP contribution in [0.5, 0.6) is 0 Å². The molecule has 6 nitrogen and oxygen atoms in total. The molecule has 0 aliphatic carbocycles. The molecule has 1 unspecified atom stereocenters. The van der Waals surface area contributed by atoms with Crippen molar-refractivity contribution in [2.45, 2.75) is 17.9 Å². The van der Waals surface area contributed by atoms with Crippen molar-refractivity contribution in [2.75, 3.05) is 20.6 Å². The van der Waals surface area contributed by atoms with Gasteiger partial charge in [0.2, 0.25) is 15.9 Å². The van der Waals surface area contributed by atoms with Crippen LogP contribution in [0.3, 0.4) is 0 Å². The van der Waals surface area contributed by atoms with Gasteiger partial charge in [-0.25, -0.2) is 13.1 Å². The van der Waals surface area contributed by atoms with E-state index < -0.39 is 10.0 Å². The van der Waals surface area contributed by atoms with E-state index in [2.05, 4.69) is 4.72 Å². The first-order valence-corrected chi connectivity index (χ1v) is 7.27. The number of nitrogens with two attached hydrogens (primary N) is 1. The average Bonchev–Trinajstić information content (AvgIpc) is 2.36. The third-order valence-electron chi connectivity index (χ3n) is 2.61. The van der Waals surface area contributed by atoms with Crippen molar-refractivity contribution < 1.29 is 13.2 Å². The van der Waals surface area contributed by atoms with E-state index in [1.807, 2.05) is 0 Å². The van der Waals surface area contributed by atoms with Crippen molar-refractivity contribution in [3.8, 4) is 0 Å². The van der Waals surface area contributed by atoms with Gasteiger partial charge < -0.3 is 10.6 Å². The first kappa shape index (κ1) is 15.6. The van der Waals surface area contributed by atoms with Gasteiger partial charge in [-0.3, -0.25) is 4.79 Å². The van der Waals surface area contributed by atoms with E-state index in [1.165, 1.54) is 17.0 Å². The second-order valence-electron chi connectivity index (χ2n) is 4.47. The fourth-order valence-corrected chi connectivity index (χ4v) is 2.39. The van der Waals surface area contributed by atoms with Crippen LogP contribution in [-0.2, 0) is 14.8 Å². The predicted octanol–water partition coefficient (Wildman–Crippen LogP) is 0.0728. The van der Waals surface area contributed by atoms with Gasteiger partial charge in [0.05, 0.1) is 11.4 Å². The summed E-state index contributed by atoms with van der Waals surface area (Å²) in [5, 5.41) is 0. The normalized spacial score (nSPS) is 13.1. The number of nitrogens with zero attached hydrogens (tertiary/aromatic N) is 1. The van der Waals surface area contributed by atoms with Gasteiger partial charge in [-0.1, -0.05) is 12.1 Å². The zero-order valence-electron chi connectivity index (χ0n) is 11.3. The maximum atomic E-state index is 12.0. The van der Waals surface area contributed by atoms with Crippen LogP contribution in [0.15, 0.2) is 29.2 Å². The number of amides is 1. The lowest BCUT2D eigenvalue weighted by molar-refractivity contribution is -0.127. The Morgan fingerprint density at radius 2 is 2.05 bits per heavy atom. The topological polar surface area (TPSA) is 92.5 Å². The molecule has 1 rings (SSSR count). The highest BCUT2D eigenvalue weighted by atomic mass is 32.2. The lowest BCUT2D eigenvalue weighted by Gasteiger charge is -2.12. The molecule has 1 atom stereocenters. The van der Waals surface area contributed by atoms with Crippen LogP contribution in [0.4, 0.5) is 0 Å². The quantitative estimate of drug-likeness (QED) is 0.801. The Kier molecular flexibility index (Phi) is 5.04. The fourth-order valence-electron chi connectivity index (χ4n) is 1.36. The summed E-state index contributed by atoms with van der Waals surface area (Å²) >= 11 is 0. The molecular weight excluding hydrogens is 266 g/mol. The predicted molar refractivity (Wildman–Crippen MR) is 72.9 cm³/mol. The maximum absolute atomic E-state index is 12.0. The lowest BCUT2D eigenvalue weighted by Crippen LogP contribution is -2.36. The summed E-state index contributed by atoms with van der Waals surface area (Å²) in [4.78, 5) is 12.8. The first-order valence-electron chi connectivity index (χ1n) is 5.79. The van der Waals surface area contributed by atoms with Crippen LogP contribution in [0.1, 0.15) is 18.5 Å². The zero-order valence-corrected chi connectivity index (χ0v) is 12.1. The maximum Gasteiger partial charge on any atom is 0.241 e. The van der Waals surface area contributed by atoms with Gasteiger partial charge in [0, 0.05) is 20.1 Å². The molecule has 19 heavy (non-hydrogen) atoms. The fraction of sp³-hybridized carbons (Fsp3) is 0.417. The van der Waals surface area contributed by atoms with Gasteiger partial charge >= 0.3 is 0 Å². The first-order chi connectivity index (χ1) is 8.74. The molecule has 0 saturated carbocycles. The van der Waals surface area contributed by atoms with Crippen molar-refractivity contribution >= 4 is 15.9 Å². The van der Waals surface area contributed by atoms with E-state index in [0.29, 0.717) is 0 Å². The van der Waals surface area contributed by atoms with E-state index in [-0.39, 0.29) is 23.4 Å². The number of sulfonamides is 1. The molecule has 106 valence electrons. The van der Waals surface area contributed by atoms with Crippen LogP contribution in [0.25, 0.3) is 0 Å². The molecule has 0 aliphatic rings. The van der Waals surface area contributed by atoms with E-state index in [0.717, 1.165) is 5.56 Å². The number of hydrogen-bond donors (Lipinski definition) is 2. The third kappa shape index (κ3) is 4.30.